The van der Waals surface area contributed by atoms with Crippen LogP contribution >= 0.6 is 11.6 Å². The van der Waals surface area contributed by atoms with Gasteiger partial charge in [-0.15, -0.1) is 0 Å². The van der Waals surface area contributed by atoms with Gasteiger partial charge in [-0.3, -0.25) is 4.98 Å². The molecule has 0 spiro atoms. The van der Waals surface area contributed by atoms with Crippen LogP contribution in [0.3, 0.4) is 0 Å². The summed E-state index contributed by atoms with van der Waals surface area (Å²) in [6.07, 6.45) is 2.40. The van der Waals surface area contributed by atoms with E-state index in [0.717, 1.165) is 17.4 Å². The minimum Gasteiger partial charge on any atom is -0.505 e. The van der Waals surface area contributed by atoms with Crippen molar-refractivity contribution in [3.63, 3.8) is 0 Å². The minimum atomic E-state index is 0.243. The first-order valence-corrected chi connectivity index (χ1v) is 4.87. The third-order valence-electron chi connectivity index (χ3n) is 2.28. The number of hydrogen-bond donors (Lipinski definition) is 1. The average Bonchev–Trinajstić information content (AvgIpc) is 2.23. The number of nitrogens with zero attached hydrogens (tertiary/aromatic N) is 1. The monoisotopic (exact) mass is 207 g/mol. The Kier molecular flexibility index (Phi) is 2.30. The van der Waals surface area contributed by atoms with Crippen LogP contribution in [-0.2, 0) is 6.42 Å². The lowest BCUT2D eigenvalue weighted by atomic mass is 10.1. The van der Waals surface area contributed by atoms with E-state index in [1.54, 1.807) is 18.3 Å². The number of pyridine rings is 1. The summed E-state index contributed by atoms with van der Waals surface area (Å²) in [5, 5.41) is 11.3. The van der Waals surface area contributed by atoms with E-state index in [1.165, 1.54) is 0 Å². The van der Waals surface area contributed by atoms with Crippen molar-refractivity contribution in [3.05, 3.63) is 35.0 Å². The van der Waals surface area contributed by atoms with Gasteiger partial charge in [0.2, 0.25) is 0 Å². The van der Waals surface area contributed by atoms with Crippen LogP contribution in [0.5, 0.6) is 5.75 Å². The van der Waals surface area contributed by atoms with Gasteiger partial charge in [0, 0.05) is 11.6 Å². The highest BCUT2D eigenvalue weighted by atomic mass is 35.5. The molecule has 0 bridgehead atoms. The molecule has 0 aliphatic heterocycles. The molecule has 0 unspecified atom stereocenters. The summed E-state index contributed by atoms with van der Waals surface area (Å²) >= 11 is 6.06. The third-order valence-corrected chi connectivity index (χ3v) is 2.59. The van der Waals surface area contributed by atoms with Gasteiger partial charge in [-0.05, 0) is 30.2 Å². The van der Waals surface area contributed by atoms with Crippen molar-refractivity contribution >= 4 is 22.5 Å². The van der Waals surface area contributed by atoms with E-state index in [4.69, 9.17) is 11.6 Å². The second-order valence-corrected chi connectivity index (χ2v) is 3.53. The zero-order valence-electron chi connectivity index (χ0n) is 7.79. The van der Waals surface area contributed by atoms with E-state index in [1.807, 2.05) is 13.0 Å². The first-order valence-electron chi connectivity index (χ1n) is 4.49. The molecule has 0 radical (unpaired) electrons. The van der Waals surface area contributed by atoms with E-state index in [2.05, 4.69) is 4.98 Å². The lowest BCUT2D eigenvalue weighted by Crippen LogP contribution is -1.87. The Balaban J connectivity index is 2.87. The SMILES string of the molecule is CCc1cc(Cl)c2cccnc2c1O. The molecule has 2 aromatic rings. The van der Waals surface area contributed by atoms with Gasteiger partial charge in [0.05, 0.1) is 5.02 Å². The van der Waals surface area contributed by atoms with Gasteiger partial charge in [-0.1, -0.05) is 18.5 Å². The standard InChI is InChI=1S/C11H10ClNO/c1-2-7-6-9(12)8-4-3-5-13-10(8)11(7)14/h3-6,14H,2H2,1H3. The molecule has 0 atom stereocenters. The van der Waals surface area contributed by atoms with Crippen LogP contribution in [0.2, 0.25) is 5.02 Å². The fraction of sp³-hybridized carbons (Fsp3) is 0.182. The summed E-state index contributed by atoms with van der Waals surface area (Å²) in [5.41, 5.74) is 1.41. The smallest absolute Gasteiger partial charge is 0.145 e. The number of hydrogen-bond acceptors (Lipinski definition) is 2. The van der Waals surface area contributed by atoms with Crippen LogP contribution in [0.4, 0.5) is 0 Å². The van der Waals surface area contributed by atoms with Crippen LogP contribution in [0.15, 0.2) is 24.4 Å². The van der Waals surface area contributed by atoms with Gasteiger partial charge in [-0.25, -0.2) is 0 Å². The van der Waals surface area contributed by atoms with E-state index in [0.29, 0.717) is 10.5 Å². The summed E-state index contributed by atoms with van der Waals surface area (Å²) in [4.78, 5) is 4.12. The summed E-state index contributed by atoms with van der Waals surface area (Å²) in [5.74, 6) is 0.243. The van der Waals surface area contributed by atoms with Crippen molar-refractivity contribution in [1.29, 1.82) is 0 Å². The number of aromatic hydroxyl groups is 1. The Morgan fingerprint density at radius 3 is 3.00 bits per heavy atom. The number of fused-ring (bicyclic) bond motifs is 1. The molecule has 0 aliphatic rings. The molecule has 0 fully saturated rings. The quantitative estimate of drug-likeness (QED) is 0.779. The summed E-state index contributed by atoms with van der Waals surface area (Å²) in [6, 6.07) is 5.45. The first-order chi connectivity index (χ1) is 6.74. The molecule has 2 rings (SSSR count). The molecular weight excluding hydrogens is 198 g/mol. The molecule has 1 aromatic carbocycles. The molecule has 0 saturated heterocycles. The number of halogens is 1. The largest absolute Gasteiger partial charge is 0.505 e. The van der Waals surface area contributed by atoms with Crippen LogP contribution in [0.1, 0.15) is 12.5 Å². The second kappa shape index (κ2) is 3.46. The Morgan fingerprint density at radius 2 is 2.29 bits per heavy atom. The predicted molar refractivity (Wildman–Crippen MR) is 57.8 cm³/mol. The fourth-order valence-electron chi connectivity index (χ4n) is 1.51. The maximum atomic E-state index is 9.85. The maximum absolute atomic E-state index is 9.85. The Labute approximate surface area is 87.2 Å². The van der Waals surface area contributed by atoms with E-state index >= 15 is 0 Å². The molecule has 2 nitrogen and oxygen atoms in total. The van der Waals surface area contributed by atoms with Gasteiger partial charge in [0.25, 0.3) is 0 Å². The van der Waals surface area contributed by atoms with Gasteiger partial charge >= 0.3 is 0 Å². The van der Waals surface area contributed by atoms with E-state index in [-0.39, 0.29) is 5.75 Å². The molecule has 3 heteroatoms. The zero-order chi connectivity index (χ0) is 10.1. The molecule has 0 saturated carbocycles. The van der Waals surface area contributed by atoms with Crippen molar-refractivity contribution in [2.45, 2.75) is 13.3 Å². The number of benzene rings is 1. The second-order valence-electron chi connectivity index (χ2n) is 3.12. The molecule has 0 aliphatic carbocycles. The molecule has 1 aromatic heterocycles. The van der Waals surface area contributed by atoms with Gasteiger partial charge in [-0.2, -0.15) is 0 Å². The van der Waals surface area contributed by atoms with Crippen LogP contribution in [0, 0.1) is 0 Å². The summed E-state index contributed by atoms with van der Waals surface area (Å²) in [7, 11) is 0. The van der Waals surface area contributed by atoms with Gasteiger partial charge in [0.15, 0.2) is 0 Å². The van der Waals surface area contributed by atoms with Crippen LogP contribution in [-0.4, -0.2) is 10.1 Å². The first kappa shape index (κ1) is 9.28. The topological polar surface area (TPSA) is 33.1 Å². The number of rotatable bonds is 1. The Morgan fingerprint density at radius 1 is 1.50 bits per heavy atom. The number of aromatic nitrogens is 1. The maximum Gasteiger partial charge on any atom is 0.145 e. The van der Waals surface area contributed by atoms with Crippen molar-refractivity contribution in [3.8, 4) is 5.75 Å². The van der Waals surface area contributed by atoms with Crippen LogP contribution < -0.4 is 0 Å². The third kappa shape index (κ3) is 1.32. The highest BCUT2D eigenvalue weighted by Crippen LogP contribution is 2.32. The van der Waals surface area contributed by atoms with Crippen molar-refractivity contribution in [2.75, 3.05) is 0 Å². The predicted octanol–water partition coefficient (Wildman–Crippen LogP) is 3.16. The van der Waals surface area contributed by atoms with E-state index in [9.17, 15) is 5.11 Å². The Hall–Kier alpha value is -1.28. The summed E-state index contributed by atoms with van der Waals surface area (Å²) in [6.45, 7) is 1.97. The normalized spacial score (nSPS) is 10.7. The molecule has 1 N–H and O–H groups in total. The highest BCUT2D eigenvalue weighted by molar-refractivity contribution is 6.35. The van der Waals surface area contributed by atoms with E-state index < -0.39 is 0 Å². The number of aryl methyl sites for hydroxylation is 1. The highest BCUT2D eigenvalue weighted by Gasteiger charge is 2.09. The number of phenolic OH excluding ortho intramolecular Hbond substituents is 1. The lowest BCUT2D eigenvalue weighted by molar-refractivity contribution is 0.474. The van der Waals surface area contributed by atoms with Crippen molar-refractivity contribution in [1.82, 2.24) is 4.98 Å². The van der Waals surface area contributed by atoms with Crippen molar-refractivity contribution in [2.24, 2.45) is 0 Å². The summed E-state index contributed by atoms with van der Waals surface area (Å²) < 4.78 is 0. The zero-order valence-corrected chi connectivity index (χ0v) is 8.54. The number of phenols is 1. The molecule has 14 heavy (non-hydrogen) atoms. The average molecular weight is 208 g/mol. The molecule has 0 amide bonds. The van der Waals surface area contributed by atoms with Gasteiger partial charge < -0.3 is 5.11 Å². The minimum absolute atomic E-state index is 0.243. The van der Waals surface area contributed by atoms with Crippen molar-refractivity contribution < 1.29 is 5.11 Å². The molecule has 72 valence electrons. The molecule has 1 heterocycles. The lowest BCUT2D eigenvalue weighted by Gasteiger charge is -2.06. The molecular formula is C11H10ClNO. The fourth-order valence-corrected chi connectivity index (χ4v) is 1.79. The Bertz CT molecular complexity index is 482. The van der Waals surface area contributed by atoms with Gasteiger partial charge in [0.1, 0.15) is 11.3 Å². The van der Waals surface area contributed by atoms with Crippen LogP contribution in [0.25, 0.3) is 10.9 Å².